The molecule has 0 aliphatic rings. The van der Waals surface area contributed by atoms with Crippen LogP contribution in [0.1, 0.15) is 5.69 Å². The van der Waals surface area contributed by atoms with Crippen molar-refractivity contribution in [1.82, 2.24) is 14.4 Å². The van der Waals surface area contributed by atoms with Gasteiger partial charge < -0.3 is 0 Å². The van der Waals surface area contributed by atoms with E-state index in [2.05, 4.69) is 9.97 Å². The second-order valence-corrected chi connectivity index (χ2v) is 4.01. The first-order valence-corrected chi connectivity index (χ1v) is 5.51. The molecule has 3 aromatic rings. The smallest absolute Gasteiger partial charge is 0.279 e. The van der Waals surface area contributed by atoms with Gasteiger partial charge in [0.1, 0.15) is 12.0 Å². The molecule has 6 heteroatoms. The average molecular weight is 263 g/mol. The van der Waals surface area contributed by atoms with Gasteiger partial charge in [0.15, 0.2) is 5.65 Å². The molecule has 0 N–H and O–H groups in total. The zero-order valence-corrected chi connectivity index (χ0v) is 9.59. The predicted octanol–water partition coefficient (Wildman–Crippen LogP) is 3.42. The number of imidazole rings is 1. The Hall–Kier alpha value is -2.37. The van der Waals surface area contributed by atoms with E-state index in [0.29, 0.717) is 5.56 Å². The molecule has 0 atom stereocenters. The van der Waals surface area contributed by atoms with Crippen molar-refractivity contribution in [2.45, 2.75) is 6.18 Å². The van der Waals surface area contributed by atoms with Crippen LogP contribution in [0.5, 0.6) is 0 Å². The zero-order valence-electron chi connectivity index (χ0n) is 9.59. The molecule has 3 nitrogen and oxygen atoms in total. The standard InChI is InChI=1S/C13H8F3N3/c14-13(15,16)11-6-10(9-4-2-1-3-5-9)18-12-7-17-8-19(11)12/h1-8H. The third-order valence-electron chi connectivity index (χ3n) is 2.75. The SMILES string of the molecule is FC(F)(F)c1cc(-c2ccccc2)nc2cncn12. The summed E-state index contributed by atoms with van der Waals surface area (Å²) in [6, 6.07) is 9.77. The summed E-state index contributed by atoms with van der Waals surface area (Å²) >= 11 is 0. The van der Waals surface area contributed by atoms with Gasteiger partial charge in [-0.25, -0.2) is 9.97 Å². The van der Waals surface area contributed by atoms with Gasteiger partial charge in [-0.3, -0.25) is 4.40 Å². The van der Waals surface area contributed by atoms with E-state index in [1.54, 1.807) is 30.3 Å². The van der Waals surface area contributed by atoms with Gasteiger partial charge in [-0.05, 0) is 6.07 Å². The van der Waals surface area contributed by atoms with E-state index in [1.807, 2.05) is 0 Å². The van der Waals surface area contributed by atoms with Gasteiger partial charge in [0.2, 0.25) is 0 Å². The highest BCUT2D eigenvalue weighted by atomic mass is 19.4. The second-order valence-electron chi connectivity index (χ2n) is 4.01. The van der Waals surface area contributed by atoms with Gasteiger partial charge in [-0.1, -0.05) is 30.3 Å². The van der Waals surface area contributed by atoms with Crippen LogP contribution in [0.4, 0.5) is 13.2 Å². The molecular formula is C13H8F3N3. The molecule has 0 aliphatic carbocycles. The van der Waals surface area contributed by atoms with Crippen LogP contribution in [0.25, 0.3) is 16.9 Å². The number of hydrogen-bond donors (Lipinski definition) is 0. The quantitative estimate of drug-likeness (QED) is 0.673. The van der Waals surface area contributed by atoms with Crippen molar-refractivity contribution in [3.63, 3.8) is 0 Å². The molecule has 0 radical (unpaired) electrons. The second kappa shape index (κ2) is 4.08. The average Bonchev–Trinajstić information content (AvgIpc) is 2.85. The summed E-state index contributed by atoms with van der Waals surface area (Å²) in [6.45, 7) is 0. The lowest BCUT2D eigenvalue weighted by molar-refractivity contribution is -0.142. The van der Waals surface area contributed by atoms with Crippen LogP contribution < -0.4 is 0 Å². The normalized spacial score (nSPS) is 11.9. The van der Waals surface area contributed by atoms with Crippen molar-refractivity contribution >= 4 is 5.65 Å². The number of rotatable bonds is 1. The fourth-order valence-corrected chi connectivity index (χ4v) is 1.89. The summed E-state index contributed by atoms with van der Waals surface area (Å²) in [5.74, 6) is 0. The number of benzene rings is 1. The molecule has 0 fully saturated rings. The minimum atomic E-state index is -4.45. The third-order valence-corrected chi connectivity index (χ3v) is 2.75. The molecule has 2 heterocycles. The van der Waals surface area contributed by atoms with Crippen molar-refractivity contribution in [2.24, 2.45) is 0 Å². The molecule has 0 amide bonds. The van der Waals surface area contributed by atoms with Gasteiger partial charge in [0.25, 0.3) is 0 Å². The number of aromatic nitrogens is 3. The summed E-state index contributed by atoms with van der Waals surface area (Å²) in [4.78, 5) is 7.89. The van der Waals surface area contributed by atoms with Gasteiger partial charge >= 0.3 is 6.18 Å². The van der Waals surface area contributed by atoms with E-state index in [0.717, 1.165) is 16.8 Å². The van der Waals surface area contributed by atoms with Crippen LogP contribution in [-0.2, 0) is 6.18 Å². The Morgan fingerprint density at radius 3 is 2.47 bits per heavy atom. The van der Waals surface area contributed by atoms with Crippen molar-refractivity contribution in [3.8, 4) is 11.3 Å². The molecule has 3 rings (SSSR count). The maximum Gasteiger partial charge on any atom is 0.431 e. The highest BCUT2D eigenvalue weighted by Crippen LogP contribution is 2.32. The lowest BCUT2D eigenvalue weighted by Crippen LogP contribution is -2.12. The number of fused-ring (bicyclic) bond motifs is 1. The monoisotopic (exact) mass is 263 g/mol. The van der Waals surface area contributed by atoms with Crippen LogP contribution in [0.2, 0.25) is 0 Å². The highest BCUT2D eigenvalue weighted by Gasteiger charge is 2.34. The highest BCUT2D eigenvalue weighted by molar-refractivity contribution is 5.62. The molecular weight excluding hydrogens is 255 g/mol. The van der Waals surface area contributed by atoms with Crippen molar-refractivity contribution in [2.75, 3.05) is 0 Å². The molecule has 1 aromatic carbocycles. The minimum Gasteiger partial charge on any atom is -0.279 e. The number of alkyl halides is 3. The van der Waals surface area contributed by atoms with E-state index in [1.165, 1.54) is 6.20 Å². The Labute approximate surface area is 106 Å². The molecule has 0 saturated heterocycles. The fraction of sp³-hybridized carbons (Fsp3) is 0.0769. The van der Waals surface area contributed by atoms with Crippen LogP contribution >= 0.6 is 0 Å². The van der Waals surface area contributed by atoms with Crippen LogP contribution in [0, 0.1) is 0 Å². The minimum absolute atomic E-state index is 0.175. The maximum absolute atomic E-state index is 13.0. The molecule has 19 heavy (non-hydrogen) atoms. The molecule has 2 aromatic heterocycles. The van der Waals surface area contributed by atoms with Gasteiger partial charge in [0.05, 0.1) is 11.9 Å². The van der Waals surface area contributed by atoms with Gasteiger partial charge in [-0.15, -0.1) is 0 Å². The lowest BCUT2D eigenvalue weighted by Gasteiger charge is -2.11. The largest absolute Gasteiger partial charge is 0.431 e. The molecule has 96 valence electrons. The predicted molar refractivity (Wildman–Crippen MR) is 63.4 cm³/mol. The molecule has 0 saturated carbocycles. The van der Waals surface area contributed by atoms with E-state index < -0.39 is 11.9 Å². The first kappa shape index (κ1) is 11.7. The van der Waals surface area contributed by atoms with E-state index in [4.69, 9.17) is 0 Å². The molecule has 0 aliphatic heterocycles. The molecule has 0 bridgehead atoms. The lowest BCUT2D eigenvalue weighted by atomic mass is 10.1. The van der Waals surface area contributed by atoms with Crippen LogP contribution in [0.15, 0.2) is 48.9 Å². The Balaban J connectivity index is 2.28. The summed E-state index contributed by atoms with van der Waals surface area (Å²) in [6.07, 6.45) is -2.03. The van der Waals surface area contributed by atoms with Crippen molar-refractivity contribution < 1.29 is 13.2 Å². The zero-order chi connectivity index (χ0) is 13.5. The number of hydrogen-bond acceptors (Lipinski definition) is 2. The summed E-state index contributed by atoms with van der Waals surface area (Å²) < 4.78 is 40.0. The first-order valence-electron chi connectivity index (χ1n) is 5.51. The van der Waals surface area contributed by atoms with Crippen molar-refractivity contribution in [3.05, 3.63) is 54.6 Å². The summed E-state index contributed by atoms with van der Waals surface area (Å²) in [5.41, 5.74) is 0.306. The van der Waals surface area contributed by atoms with E-state index in [9.17, 15) is 13.2 Å². The Bertz CT molecular complexity index is 717. The maximum atomic E-state index is 13.0. The Morgan fingerprint density at radius 2 is 1.79 bits per heavy atom. The van der Waals surface area contributed by atoms with E-state index in [-0.39, 0.29) is 11.3 Å². The Morgan fingerprint density at radius 1 is 1.05 bits per heavy atom. The molecule has 0 spiro atoms. The van der Waals surface area contributed by atoms with Crippen LogP contribution in [0.3, 0.4) is 0 Å². The summed E-state index contributed by atoms with van der Waals surface area (Å²) in [5, 5.41) is 0. The first-order chi connectivity index (χ1) is 9.05. The van der Waals surface area contributed by atoms with Crippen molar-refractivity contribution in [1.29, 1.82) is 0 Å². The van der Waals surface area contributed by atoms with Gasteiger partial charge in [-0.2, -0.15) is 13.2 Å². The third kappa shape index (κ3) is 2.05. The fourth-order valence-electron chi connectivity index (χ4n) is 1.89. The number of halogens is 3. The topological polar surface area (TPSA) is 30.2 Å². The molecule has 0 unspecified atom stereocenters. The summed E-state index contributed by atoms with van der Waals surface area (Å²) in [7, 11) is 0. The Kier molecular flexibility index (Phi) is 2.51. The number of nitrogens with zero attached hydrogens (tertiary/aromatic N) is 3. The van der Waals surface area contributed by atoms with E-state index >= 15 is 0 Å². The van der Waals surface area contributed by atoms with Gasteiger partial charge in [0, 0.05) is 5.56 Å². The van der Waals surface area contributed by atoms with Crippen LogP contribution in [-0.4, -0.2) is 14.4 Å².